The Morgan fingerprint density at radius 1 is 1.67 bits per heavy atom. The number of nitrogens with two attached hydrogens (primary N) is 1. The molecule has 0 bridgehead atoms. The second kappa shape index (κ2) is 1.72. The van der Waals surface area contributed by atoms with Crippen LogP contribution in [-0.2, 0) is 4.79 Å². The summed E-state index contributed by atoms with van der Waals surface area (Å²) in [5, 5.41) is 0. The van der Waals surface area contributed by atoms with E-state index in [1.807, 2.05) is 0 Å². The number of hydrogen-bond acceptors (Lipinski definition) is 1. The Bertz CT molecular complexity index is 140. The van der Waals surface area contributed by atoms with Gasteiger partial charge in [-0.3, -0.25) is 4.79 Å². The van der Waals surface area contributed by atoms with Crippen molar-refractivity contribution in [3.8, 4) is 0 Å². The van der Waals surface area contributed by atoms with Crippen LogP contribution in [0.2, 0.25) is 0 Å². The molecular formula is C7H13NO. The Labute approximate surface area is 55.4 Å². The summed E-state index contributed by atoms with van der Waals surface area (Å²) in [5.41, 5.74) is 5.32. The van der Waals surface area contributed by atoms with E-state index in [0.717, 1.165) is 12.8 Å². The SMILES string of the molecule is CC1(C)CCC1C(N)=O. The lowest BCUT2D eigenvalue weighted by atomic mass is 9.62. The topological polar surface area (TPSA) is 43.1 Å². The fourth-order valence-corrected chi connectivity index (χ4v) is 1.39. The summed E-state index contributed by atoms with van der Waals surface area (Å²) in [5.74, 6) is 0.00347. The third-order valence-corrected chi connectivity index (χ3v) is 2.36. The highest BCUT2D eigenvalue weighted by Crippen LogP contribution is 2.45. The zero-order valence-electron chi connectivity index (χ0n) is 5.98. The zero-order chi connectivity index (χ0) is 7.07. The molecule has 1 unspecified atom stereocenters. The molecule has 9 heavy (non-hydrogen) atoms. The van der Waals surface area contributed by atoms with Gasteiger partial charge in [-0.05, 0) is 18.3 Å². The van der Waals surface area contributed by atoms with Gasteiger partial charge in [0.25, 0.3) is 0 Å². The van der Waals surface area contributed by atoms with Crippen LogP contribution in [-0.4, -0.2) is 5.91 Å². The lowest BCUT2D eigenvalue weighted by molar-refractivity contribution is -0.130. The minimum atomic E-state index is -0.133. The van der Waals surface area contributed by atoms with E-state index in [9.17, 15) is 4.79 Å². The summed E-state index contributed by atoms with van der Waals surface area (Å²) >= 11 is 0. The average molecular weight is 127 g/mol. The number of amides is 1. The molecule has 1 atom stereocenters. The van der Waals surface area contributed by atoms with E-state index >= 15 is 0 Å². The first kappa shape index (κ1) is 6.59. The third kappa shape index (κ3) is 0.934. The van der Waals surface area contributed by atoms with Gasteiger partial charge in [0.15, 0.2) is 0 Å². The maximum Gasteiger partial charge on any atom is 0.221 e. The molecule has 0 heterocycles. The predicted octanol–water partition coefficient (Wildman–Crippen LogP) is 0.908. The van der Waals surface area contributed by atoms with E-state index in [-0.39, 0.29) is 17.2 Å². The van der Waals surface area contributed by atoms with Crippen LogP contribution >= 0.6 is 0 Å². The van der Waals surface area contributed by atoms with Gasteiger partial charge in [0.2, 0.25) is 5.91 Å². The molecule has 0 spiro atoms. The van der Waals surface area contributed by atoms with Gasteiger partial charge in [-0.2, -0.15) is 0 Å². The number of carbonyl (C=O) groups excluding carboxylic acids is 1. The summed E-state index contributed by atoms with van der Waals surface area (Å²) < 4.78 is 0. The maximum atomic E-state index is 10.6. The van der Waals surface area contributed by atoms with E-state index < -0.39 is 0 Å². The highest BCUT2D eigenvalue weighted by molar-refractivity contribution is 5.78. The summed E-state index contributed by atoms with van der Waals surface area (Å²) in [6.45, 7) is 4.18. The van der Waals surface area contributed by atoms with Crippen LogP contribution in [0.5, 0.6) is 0 Å². The highest BCUT2D eigenvalue weighted by Gasteiger charge is 2.41. The second-order valence-electron chi connectivity index (χ2n) is 3.48. The molecule has 0 aromatic heterocycles. The molecule has 52 valence electrons. The molecule has 2 N–H and O–H groups in total. The number of rotatable bonds is 1. The molecule has 0 aliphatic heterocycles. The number of primary amides is 1. The van der Waals surface area contributed by atoms with Gasteiger partial charge >= 0.3 is 0 Å². The number of hydrogen-bond donors (Lipinski definition) is 1. The van der Waals surface area contributed by atoms with Crippen molar-refractivity contribution in [2.24, 2.45) is 17.1 Å². The van der Waals surface area contributed by atoms with E-state index in [4.69, 9.17) is 5.73 Å². The molecule has 1 saturated carbocycles. The van der Waals surface area contributed by atoms with E-state index in [1.54, 1.807) is 0 Å². The molecule has 0 aromatic carbocycles. The molecule has 1 aliphatic rings. The third-order valence-electron chi connectivity index (χ3n) is 2.36. The van der Waals surface area contributed by atoms with Crippen molar-refractivity contribution in [1.82, 2.24) is 0 Å². The van der Waals surface area contributed by atoms with Gasteiger partial charge in [-0.15, -0.1) is 0 Å². The highest BCUT2D eigenvalue weighted by atomic mass is 16.1. The van der Waals surface area contributed by atoms with Crippen LogP contribution in [0.1, 0.15) is 26.7 Å². The number of carbonyl (C=O) groups is 1. The Morgan fingerprint density at radius 2 is 2.22 bits per heavy atom. The molecule has 0 radical (unpaired) electrons. The lowest BCUT2D eigenvalue weighted by Crippen LogP contribution is -2.43. The summed E-state index contributed by atoms with van der Waals surface area (Å²) in [7, 11) is 0. The van der Waals surface area contributed by atoms with Crippen molar-refractivity contribution in [1.29, 1.82) is 0 Å². The molecule has 2 heteroatoms. The van der Waals surface area contributed by atoms with Crippen LogP contribution in [0.4, 0.5) is 0 Å². The molecule has 2 nitrogen and oxygen atoms in total. The quantitative estimate of drug-likeness (QED) is 0.559. The first-order valence-electron chi connectivity index (χ1n) is 3.33. The van der Waals surface area contributed by atoms with Crippen molar-refractivity contribution in [2.45, 2.75) is 26.7 Å². The predicted molar refractivity (Wildman–Crippen MR) is 35.7 cm³/mol. The van der Waals surface area contributed by atoms with E-state index in [0.29, 0.717) is 0 Å². The minimum Gasteiger partial charge on any atom is -0.369 e. The smallest absolute Gasteiger partial charge is 0.221 e. The van der Waals surface area contributed by atoms with Crippen LogP contribution in [0.25, 0.3) is 0 Å². The van der Waals surface area contributed by atoms with Crippen molar-refractivity contribution in [3.63, 3.8) is 0 Å². The summed E-state index contributed by atoms with van der Waals surface area (Å²) in [6, 6.07) is 0. The van der Waals surface area contributed by atoms with E-state index in [1.165, 1.54) is 0 Å². The molecule has 1 rings (SSSR count). The fourth-order valence-electron chi connectivity index (χ4n) is 1.39. The molecule has 1 aliphatic carbocycles. The molecule has 1 amide bonds. The average Bonchev–Trinajstić information content (AvgIpc) is 1.62. The minimum absolute atomic E-state index is 0.133. The Kier molecular flexibility index (Phi) is 1.26. The fraction of sp³-hybridized carbons (Fsp3) is 0.857. The molecule has 0 saturated heterocycles. The van der Waals surface area contributed by atoms with Gasteiger partial charge in [-0.25, -0.2) is 0 Å². The maximum absolute atomic E-state index is 10.6. The normalized spacial score (nSPS) is 31.1. The summed E-state index contributed by atoms with van der Waals surface area (Å²) in [4.78, 5) is 10.6. The van der Waals surface area contributed by atoms with Crippen molar-refractivity contribution >= 4 is 5.91 Å². The first-order valence-corrected chi connectivity index (χ1v) is 3.33. The van der Waals surface area contributed by atoms with Crippen molar-refractivity contribution in [3.05, 3.63) is 0 Å². The van der Waals surface area contributed by atoms with Gasteiger partial charge in [-0.1, -0.05) is 13.8 Å². The standard InChI is InChI=1S/C7H13NO/c1-7(2)4-3-5(7)6(8)9/h5H,3-4H2,1-2H3,(H2,8,9). The zero-order valence-corrected chi connectivity index (χ0v) is 5.98. The van der Waals surface area contributed by atoms with Crippen LogP contribution in [0, 0.1) is 11.3 Å². The van der Waals surface area contributed by atoms with E-state index in [2.05, 4.69) is 13.8 Å². The Balaban J connectivity index is 2.55. The van der Waals surface area contributed by atoms with Gasteiger partial charge in [0.05, 0.1) is 0 Å². The first-order chi connectivity index (χ1) is 4.04. The van der Waals surface area contributed by atoms with Crippen molar-refractivity contribution in [2.75, 3.05) is 0 Å². The molecule has 0 aromatic rings. The Hall–Kier alpha value is -0.530. The van der Waals surface area contributed by atoms with Crippen LogP contribution in [0.3, 0.4) is 0 Å². The van der Waals surface area contributed by atoms with Gasteiger partial charge in [0.1, 0.15) is 0 Å². The Morgan fingerprint density at radius 3 is 2.22 bits per heavy atom. The molecular weight excluding hydrogens is 114 g/mol. The lowest BCUT2D eigenvalue weighted by Gasteiger charge is -2.42. The van der Waals surface area contributed by atoms with Crippen LogP contribution in [0.15, 0.2) is 0 Å². The van der Waals surface area contributed by atoms with Crippen LogP contribution < -0.4 is 5.73 Å². The second-order valence-corrected chi connectivity index (χ2v) is 3.48. The summed E-state index contributed by atoms with van der Waals surface area (Å²) in [6.07, 6.45) is 2.13. The largest absolute Gasteiger partial charge is 0.369 e. The van der Waals surface area contributed by atoms with Gasteiger partial charge < -0.3 is 5.73 Å². The van der Waals surface area contributed by atoms with Gasteiger partial charge in [0, 0.05) is 5.92 Å². The van der Waals surface area contributed by atoms with Crippen molar-refractivity contribution < 1.29 is 4.79 Å². The molecule has 1 fully saturated rings. The monoisotopic (exact) mass is 127 g/mol.